The highest BCUT2D eigenvalue weighted by molar-refractivity contribution is 7.19. The van der Waals surface area contributed by atoms with E-state index in [1.54, 1.807) is 4.88 Å². The summed E-state index contributed by atoms with van der Waals surface area (Å²) in [6.07, 6.45) is 6.16. The summed E-state index contributed by atoms with van der Waals surface area (Å²) in [7, 11) is 1.82. The molecule has 1 aliphatic heterocycles. The van der Waals surface area contributed by atoms with E-state index in [0.29, 0.717) is 18.1 Å². The molecule has 2 heterocycles. The van der Waals surface area contributed by atoms with Gasteiger partial charge in [-0.3, -0.25) is 0 Å². The molecule has 2 aliphatic carbocycles. The predicted molar refractivity (Wildman–Crippen MR) is 82.2 cm³/mol. The fourth-order valence-electron chi connectivity index (χ4n) is 4.34. The first-order chi connectivity index (χ1) is 9.84. The van der Waals surface area contributed by atoms with Crippen molar-refractivity contribution in [3.05, 3.63) is 46.9 Å². The van der Waals surface area contributed by atoms with Gasteiger partial charge in [0.2, 0.25) is 0 Å². The minimum Gasteiger partial charge on any atom is -0.377 e. The zero-order valence-electron chi connectivity index (χ0n) is 11.4. The van der Waals surface area contributed by atoms with Crippen LogP contribution in [0, 0.1) is 5.92 Å². The number of hydrogen-bond acceptors (Lipinski definition) is 3. The van der Waals surface area contributed by atoms with Gasteiger partial charge in [0.25, 0.3) is 0 Å². The molecule has 1 spiro atoms. The standard InChI is InChI=1S/C17H17NOS/c1-19-10-6-7-17-13(8-10)15(17)18-9-12-11-4-2-3-5-14(11)20-16(12)17/h2-7,10,13,15,18H,8-9H2,1H3/t10-,13-,15?,17+/m1/s1. The predicted octanol–water partition coefficient (Wildman–Crippen LogP) is 3.22. The van der Waals surface area contributed by atoms with E-state index in [0.717, 1.165) is 13.0 Å². The Bertz CT molecular complexity index is 734. The minimum atomic E-state index is 0.270. The van der Waals surface area contributed by atoms with Crippen molar-refractivity contribution >= 4 is 21.4 Å². The number of fused-ring (bicyclic) bond motifs is 4. The fourth-order valence-corrected chi connectivity index (χ4v) is 5.84. The first kappa shape index (κ1) is 11.5. The SMILES string of the molecule is CO[C@@H]1C=C[C@@]23c4sc5ccccc5c4CNC2[C@H]3C1. The van der Waals surface area contributed by atoms with Gasteiger partial charge in [-0.15, -0.1) is 11.3 Å². The molecule has 1 N–H and O–H groups in total. The molecular weight excluding hydrogens is 266 g/mol. The van der Waals surface area contributed by atoms with E-state index in [4.69, 9.17) is 4.74 Å². The summed E-state index contributed by atoms with van der Waals surface area (Å²) in [6.45, 7) is 1.02. The maximum atomic E-state index is 5.53. The van der Waals surface area contributed by atoms with Gasteiger partial charge in [-0.25, -0.2) is 0 Å². The summed E-state index contributed by atoms with van der Waals surface area (Å²) in [5.74, 6) is 0.715. The smallest absolute Gasteiger partial charge is 0.0756 e. The molecule has 3 aliphatic rings. The van der Waals surface area contributed by atoms with Crippen molar-refractivity contribution in [3.63, 3.8) is 0 Å². The van der Waals surface area contributed by atoms with Crippen LogP contribution in [0.15, 0.2) is 36.4 Å². The molecule has 1 fully saturated rings. The van der Waals surface area contributed by atoms with Crippen molar-refractivity contribution in [2.75, 3.05) is 7.11 Å². The fraction of sp³-hybridized carbons (Fsp3) is 0.412. The van der Waals surface area contributed by atoms with Gasteiger partial charge >= 0.3 is 0 Å². The molecule has 1 unspecified atom stereocenters. The minimum absolute atomic E-state index is 0.270. The summed E-state index contributed by atoms with van der Waals surface area (Å²) in [5.41, 5.74) is 1.80. The van der Waals surface area contributed by atoms with Crippen LogP contribution in [-0.2, 0) is 16.7 Å². The Balaban J connectivity index is 1.71. The molecule has 3 heteroatoms. The molecule has 1 saturated carbocycles. The molecule has 1 aromatic heterocycles. The van der Waals surface area contributed by atoms with Crippen molar-refractivity contribution in [2.45, 2.75) is 30.5 Å². The maximum Gasteiger partial charge on any atom is 0.0756 e. The topological polar surface area (TPSA) is 21.3 Å². The van der Waals surface area contributed by atoms with E-state index in [1.807, 2.05) is 18.4 Å². The Morgan fingerprint density at radius 2 is 2.25 bits per heavy atom. The number of rotatable bonds is 1. The molecule has 0 bridgehead atoms. The van der Waals surface area contributed by atoms with Crippen LogP contribution in [0.1, 0.15) is 16.9 Å². The van der Waals surface area contributed by atoms with Gasteiger partial charge in [-0.1, -0.05) is 30.4 Å². The summed E-state index contributed by atoms with van der Waals surface area (Å²) in [6, 6.07) is 9.45. The van der Waals surface area contributed by atoms with Gasteiger partial charge in [0, 0.05) is 34.7 Å². The Kier molecular flexibility index (Phi) is 2.14. The first-order valence-corrected chi connectivity index (χ1v) is 8.12. The van der Waals surface area contributed by atoms with E-state index < -0.39 is 0 Å². The van der Waals surface area contributed by atoms with Crippen LogP contribution in [0.5, 0.6) is 0 Å². The molecule has 0 amide bonds. The highest BCUT2D eigenvalue weighted by atomic mass is 32.1. The van der Waals surface area contributed by atoms with Crippen molar-refractivity contribution in [1.29, 1.82) is 0 Å². The highest BCUT2D eigenvalue weighted by Crippen LogP contribution is 2.64. The molecule has 2 aromatic rings. The third kappa shape index (κ3) is 1.22. The second-order valence-electron chi connectivity index (χ2n) is 6.17. The van der Waals surface area contributed by atoms with Crippen LogP contribution in [0.4, 0.5) is 0 Å². The summed E-state index contributed by atoms with van der Waals surface area (Å²) in [5, 5.41) is 5.21. The van der Waals surface area contributed by atoms with E-state index >= 15 is 0 Å². The Labute approximate surface area is 122 Å². The van der Waals surface area contributed by atoms with Crippen LogP contribution in [-0.4, -0.2) is 19.3 Å². The van der Waals surface area contributed by atoms with E-state index in [9.17, 15) is 0 Å². The van der Waals surface area contributed by atoms with Crippen molar-refractivity contribution in [3.8, 4) is 0 Å². The lowest BCUT2D eigenvalue weighted by Crippen LogP contribution is -2.29. The second-order valence-corrected chi connectivity index (χ2v) is 7.23. The molecule has 5 rings (SSSR count). The van der Waals surface area contributed by atoms with Crippen molar-refractivity contribution < 1.29 is 4.74 Å². The number of nitrogens with one attached hydrogen (secondary N) is 1. The number of ether oxygens (including phenoxy) is 1. The molecule has 20 heavy (non-hydrogen) atoms. The van der Waals surface area contributed by atoms with Gasteiger partial charge < -0.3 is 10.1 Å². The molecule has 2 nitrogen and oxygen atoms in total. The van der Waals surface area contributed by atoms with Crippen molar-refractivity contribution in [2.24, 2.45) is 5.92 Å². The van der Waals surface area contributed by atoms with Crippen molar-refractivity contribution in [1.82, 2.24) is 5.32 Å². The van der Waals surface area contributed by atoms with Gasteiger partial charge in [-0.05, 0) is 29.4 Å². The molecule has 102 valence electrons. The molecule has 1 aromatic carbocycles. The number of benzene rings is 1. The highest BCUT2D eigenvalue weighted by Gasteiger charge is 2.68. The third-order valence-electron chi connectivity index (χ3n) is 5.39. The van der Waals surface area contributed by atoms with Gasteiger partial charge in [0.1, 0.15) is 0 Å². The average Bonchev–Trinajstić information content (AvgIpc) is 3.01. The van der Waals surface area contributed by atoms with Gasteiger partial charge in [0.05, 0.1) is 6.10 Å². The maximum absolute atomic E-state index is 5.53. The van der Waals surface area contributed by atoms with Crippen LogP contribution >= 0.6 is 11.3 Å². The number of hydrogen-bond donors (Lipinski definition) is 1. The van der Waals surface area contributed by atoms with E-state index in [1.165, 1.54) is 15.6 Å². The van der Waals surface area contributed by atoms with E-state index in [2.05, 4.69) is 41.7 Å². The zero-order chi connectivity index (χ0) is 13.3. The Hall–Kier alpha value is -1.16. The lowest BCUT2D eigenvalue weighted by atomic mass is 9.88. The summed E-state index contributed by atoms with van der Waals surface area (Å²) in [4.78, 5) is 1.61. The van der Waals surface area contributed by atoms with Crippen LogP contribution < -0.4 is 5.32 Å². The third-order valence-corrected chi connectivity index (χ3v) is 6.77. The normalized spacial score (nSPS) is 37.4. The first-order valence-electron chi connectivity index (χ1n) is 7.31. The quantitative estimate of drug-likeness (QED) is 0.811. The van der Waals surface area contributed by atoms with Gasteiger partial charge in [0.15, 0.2) is 0 Å². The molecule has 0 saturated heterocycles. The lowest BCUT2D eigenvalue weighted by molar-refractivity contribution is 0.122. The Morgan fingerprint density at radius 1 is 1.35 bits per heavy atom. The second kappa shape index (κ2) is 3.73. The van der Waals surface area contributed by atoms with Crippen LogP contribution in [0.25, 0.3) is 10.1 Å². The monoisotopic (exact) mass is 283 g/mol. The summed E-state index contributed by atoms with van der Waals surface area (Å²) < 4.78 is 6.96. The molecular formula is C17H17NOS. The molecule has 0 radical (unpaired) electrons. The lowest BCUT2D eigenvalue weighted by Gasteiger charge is -2.24. The number of thiophene rings is 1. The summed E-state index contributed by atoms with van der Waals surface area (Å²) >= 11 is 2.00. The Morgan fingerprint density at radius 3 is 3.15 bits per heavy atom. The number of methoxy groups -OCH3 is 1. The van der Waals surface area contributed by atoms with Crippen LogP contribution in [0.3, 0.4) is 0 Å². The average molecular weight is 283 g/mol. The van der Waals surface area contributed by atoms with Crippen LogP contribution in [0.2, 0.25) is 0 Å². The van der Waals surface area contributed by atoms with E-state index in [-0.39, 0.29) is 5.41 Å². The van der Waals surface area contributed by atoms with Gasteiger partial charge in [-0.2, -0.15) is 0 Å². The zero-order valence-corrected chi connectivity index (χ0v) is 12.2. The molecule has 4 atom stereocenters. The largest absolute Gasteiger partial charge is 0.377 e.